The minimum atomic E-state index is -1.56. The lowest BCUT2D eigenvalue weighted by Crippen LogP contribution is -2.65. The van der Waals surface area contributed by atoms with Crippen molar-refractivity contribution in [3.05, 3.63) is 0 Å². The molecular weight excluding hydrogens is 201 g/mol. The van der Waals surface area contributed by atoms with Crippen molar-refractivity contribution in [2.45, 2.75) is 68.9 Å². The molecule has 0 aromatic rings. The molecule has 0 amide bonds. The Bertz CT molecular complexity index is 258. The summed E-state index contributed by atoms with van der Waals surface area (Å²) in [4.78, 5) is 0. The highest BCUT2D eigenvalue weighted by atomic mass is 19.2. The standard InChI is InChI=1S/C12H17F3/c1-2-9-3-10(13)6-11(14,4-9)8-12(15,5-9)7-10/h2-8H2,1H3. The lowest BCUT2D eigenvalue weighted by molar-refractivity contribution is -0.217. The Hall–Kier alpha value is -0.210. The van der Waals surface area contributed by atoms with Gasteiger partial charge in [0, 0.05) is 19.3 Å². The second kappa shape index (κ2) is 2.38. The van der Waals surface area contributed by atoms with Crippen molar-refractivity contribution in [3.63, 3.8) is 0 Å². The maximum absolute atomic E-state index is 14.3. The highest BCUT2D eigenvalue weighted by Gasteiger charge is 2.69. The zero-order valence-electron chi connectivity index (χ0n) is 9.08. The number of hydrogen-bond acceptors (Lipinski definition) is 0. The molecule has 4 saturated carbocycles. The normalized spacial score (nSPS) is 62.4. The molecule has 0 N–H and O–H groups in total. The van der Waals surface area contributed by atoms with Crippen molar-refractivity contribution in [3.8, 4) is 0 Å². The third-order valence-electron chi connectivity index (χ3n) is 4.73. The zero-order chi connectivity index (χ0) is 10.9. The van der Waals surface area contributed by atoms with Crippen LogP contribution in [0.15, 0.2) is 0 Å². The van der Waals surface area contributed by atoms with Gasteiger partial charge in [0.1, 0.15) is 17.0 Å². The van der Waals surface area contributed by atoms with Crippen LogP contribution in [0.5, 0.6) is 0 Å². The maximum atomic E-state index is 14.3. The summed E-state index contributed by atoms with van der Waals surface area (Å²) in [5.41, 5.74) is -5.08. The van der Waals surface area contributed by atoms with Crippen LogP contribution in [0, 0.1) is 5.41 Å². The fourth-order valence-corrected chi connectivity index (χ4v) is 4.84. The molecule has 0 heterocycles. The van der Waals surface area contributed by atoms with Gasteiger partial charge in [-0.25, -0.2) is 13.2 Å². The molecule has 3 heteroatoms. The van der Waals surface area contributed by atoms with Gasteiger partial charge in [-0.2, -0.15) is 0 Å². The Morgan fingerprint density at radius 1 is 0.733 bits per heavy atom. The van der Waals surface area contributed by atoms with E-state index in [2.05, 4.69) is 0 Å². The largest absolute Gasteiger partial charge is 0.244 e. The van der Waals surface area contributed by atoms with E-state index in [1.54, 1.807) is 0 Å². The predicted octanol–water partition coefficient (Wildman–Crippen LogP) is 3.89. The van der Waals surface area contributed by atoms with Gasteiger partial charge in [-0.1, -0.05) is 13.3 Å². The van der Waals surface area contributed by atoms with Crippen molar-refractivity contribution in [2.24, 2.45) is 5.41 Å². The van der Waals surface area contributed by atoms with E-state index in [9.17, 15) is 13.2 Å². The van der Waals surface area contributed by atoms with E-state index in [-0.39, 0.29) is 19.3 Å². The molecule has 4 fully saturated rings. The summed E-state index contributed by atoms with van der Waals surface area (Å²) >= 11 is 0. The van der Waals surface area contributed by atoms with Crippen molar-refractivity contribution < 1.29 is 13.2 Å². The van der Waals surface area contributed by atoms with Crippen LogP contribution in [-0.4, -0.2) is 17.0 Å². The van der Waals surface area contributed by atoms with Crippen LogP contribution in [0.2, 0.25) is 0 Å². The van der Waals surface area contributed by atoms with Crippen molar-refractivity contribution in [2.75, 3.05) is 0 Å². The van der Waals surface area contributed by atoms with Crippen LogP contribution in [0.1, 0.15) is 51.9 Å². The van der Waals surface area contributed by atoms with Crippen molar-refractivity contribution >= 4 is 0 Å². The van der Waals surface area contributed by atoms with Gasteiger partial charge >= 0.3 is 0 Å². The second-order valence-corrected chi connectivity index (χ2v) is 6.37. The molecule has 86 valence electrons. The lowest BCUT2D eigenvalue weighted by atomic mass is 9.46. The van der Waals surface area contributed by atoms with Crippen LogP contribution < -0.4 is 0 Å². The van der Waals surface area contributed by atoms with Gasteiger partial charge in [0.2, 0.25) is 0 Å². The minimum absolute atomic E-state index is 0.0621. The third-order valence-corrected chi connectivity index (χ3v) is 4.73. The zero-order valence-corrected chi connectivity index (χ0v) is 9.08. The average molecular weight is 218 g/mol. The van der Waals surface area contributed by atoms with Crippen LogP contribution in [0.3, 0.4) is 0 Å². The van der Waals surface area contributed by atoms with E-state index in [1.165, 1.54) is 0 Å². The number of halogens is 3. The summed E-state index contributed by atoms with van der Waals surface area (Å²) in [6, 6.07) is 0. The molecule has 0 aromatic carbocycles. The quantitative estimate of drug-likeness (QED) is 0.626. The molecule has 15 heavy (non-hydrogen) atoms. The molecule has 4 bridgehead atoms. The molecule has 0 radical (unpaired) electrons. The summed E-state index contributed by atoms with van der Waals surface area (Å²) in [5, 5.41) is 0. The third kappa shape index (κ3) is 1.27. The van der Waals surface area contributed by atoms with E-state index in [0.29, 0.717) is 25.7 Å². The van der Waals surface area contributed by atoms with Crippen LogP contribution in [0.4, 0.5) is 13.2 Å². The fraction of sp³-hybridized carbons (Fsp3) is 1.00. The Labute approximate surface area is 88.2 Å². The highest BCUT2D eigenvalue weighted by molar-refractivity contribution is 5.19. The lowest BCUT2D eigenvalue weighted by Gasteiger charge is -2.63. The Morgan fingerprint density at radius 3 is 1.33 bits per heavy atom. The maximum Gasteiger partial charge on any atom is 0.117 e. The van der Waals surface area contributed by atoms with Gasteiger partial charge in [-0.3, -0.25) is 0 Å². The van der Waals surface area contributed by atoms with Gasteiger partial charge in [-0.05, 0) is 24.7 Å². The van der Waals surface area contributed by atoms with E-state index in [1.807, 2.05) is 6.92 Å². The monoisotopic (exact) mass is 218 g/mol. The topological polar surface area (TPSA) is 0 Å². The molecule has 4 aliphatic carbocycles. The molecule has 4 aliphatic rings. The van der Waals surface area contributed by atoms with Gasteiger partial charge in [-0.15, -0.1) is 0 Å². The summed E-state index contributed by atoms with van der Waals surface area (Å²) in [6.07, 6.45) is 1.67. The Morgan fingerprint density at radius 2 is 1.07 bits per heavy atom. The van der Waals surface area contributed by atoms with E-state index >= 15 is 0 Å². The first-order valence-corrected chi connectivity index (χ1v) is 5.87. The molecule has 4 rings (SSSR count). The number of rotatable bonds is 1. The molecule has 0 nitrogen and oxygen atoms in total. The average Bonchev–Trinajstić information content (AvgIpc) is 1.94. The van der Waals surface area contributed by atoms with Crippen LogP contribution in [0.25, 0.3) is 0 Å². The Kier molecular flexibility index (Phi) is 1.58. The molecule has 0 aliphatic heterocycles. The molecule has 0 spiro atoms. The van der Waals surface area contributed by atoms with Gasteiger partial charge < -0.3 is 0 Å². The minimum Gasteiger partial charge on any atom is -0.244 e. The van der Waals surface area contributed by atoms with Crippen LogP contribution in [-0.2, 0) is 0 Å². The van der Waals surface area contributed by atoms with E-state index < -0.39 is 22.4 Å². The summed E-state index contributed by atoms with van der Waals surface area (Å²) < 4.78 is 43.0. The van der Waals surface area contributed by atoms with Gasteiger partial charge in [0.15, 0.2) is 0 Å². The molecule has 0 saturated heterocycles. The Balaban J connectivity index is 2.06. The molecule has 0 unspecified atom stereocenters. The molecular formula is C12H17F3. The molecule has 0 aromatic heterocycles. The van der Waals surface area contributed by atoms with Gasteiger partial charge in [0.05, 0.1) is 0 Å². The van der Waals surface area contributed by atoms with Gasteiger partial charge in [0.25, 0.3) is 0 Å². The first-order valence-electron chi connectivity index (χ1n) is 5.87. The summed E-state index contributed by atoms with van der Waals surface area (Å²) in [7, 11) is 0. The highest BCUT2D eigenvalue weighted by Crippen LogP contribution is 2.68. The van der Waals surface area contributed by atoms with Crippen LogP contribution >= 0.6 is 0 Å². The summed E-state index contributed by atoms with van der Waals surface area (Å²) in [5.74, 6) is 0. The van der Waals surface area contributed by atoms with E-state index in [0.717, 1.165) is 0 Å². The predicted molar refractivity (Wildman–Crippen MR) is 51.9 cm³/mol. The van der Waals surface area contributed by atoms with E-state index in [4.69, 9.17) is 0 Å². The first kappa shape index (κ1) is 9.98. The fourth-order valence-electron chi connectivity index (χ4n) is 4.84. The SMILES string of the molecule is CCC12CC3(F)CC(F)(CC(F)(C3)C1)C2. The van der Waals surface area contributed by atoms with Crippen molar-refractivity contribution in [1.29, 1.82) is 0 Å². The number of alkyl halides is 3. The summed E-state index contributed by atoms with van der Waals surface area (Å²) in [6.45, 7) is 1.93. The smallest absolute Gasteiger partial charge is 0.117 e. The second-order valence-electron chi connectivity index (χ2n) is 6.37. The number of hydrogen-bond donors (Lipinski definition) is 0. The molecule has 0 atom stereocenters. The van der Waals surface area contributed by atoms with Crippen molar-refractivity contribution in [1.82, 2.24) is 0 Å². The first-order chi connectivity index (χ1) is 6.80.